The highest BCUT2D eigenvalue weighted by Crippen LogP contribution is 2.29. The van der Waals surface area contributed by atoms with Crippen molar-refractivity contribution in [3.63, 3.8) is 0 Å². The maximum absolute atomic E-state index is 12.4. The lowest BCUT2D eigenvalue weighted by Gasteiger charge is -2.23. The number of hydrogen-bond acceptors (Lipinski definition) is 1. The highest BCUT2D eigenvalue weighted by Gasteiger charge is 2.32. The van der Waals surface area contributed by atoms with Crippen molar-refractivity contribution in [3.8, 4) is 0 Å². The molecule has 18 heavy (non-hydrogen) atoms. The van der Waals surface area contributed by atoms with Crippen LogP contribution in [-0.4, -0.2) is 16.8 Å². The van der Waals surface area contributed by atoms with Gasteiger partial charge in [-0.25, -0.2) is 0 Å². The standard InChI is InChI=1S/C16H21NO/c1-3-7-13(2)16(18)17(15-10-11-15)12-14-8-5-4-6-9-14/h4-9,15H,3,10-12H2,1-2H3. The molecule has 0 spiro atoms. The van der Waals surface area contributed by atoms with Crippen molar-refractivity contribution >= 4 is 5.91 Å². The lowest BCUT2D eigenvalue weighted by molar-refractivity contribution is -0.128. The molecule has 1 fully saturated rings. The molecule has 0 radical (unpaired) electrons. The lowest BCUT2D eigenvalue weighted by atomic mass is 10.1. The molecule has 1 amide bonds. The fourth-order valence-electron chi connectivity index (χ4n) is 2.15. The average Bonchev–Trinajstić information content (AvgIpc) is 3.21. The second kappa shape index (κ2) is 5.85. The van der Waals surface area contributed by atoms with Gasteiger partial charge < -0.3 is 4.90 Å². The highest BCUT2D eigenvalue weighted by molar-refractivity contribution is 5.93. The van der Waals surface area contributed by atoms with Crippen LogP contribution in [0.1, 0.15) is 38.7 Å². The zero-order valence-corrected chi connectivity index (χ0v) is 11.2. The average molecular weight is 243 g/mol. The van der Waals surface area contributed by atoms with Gasteiger partial charge in [0.05, 0.1) is 0 Å². The van der Waals surface area contributed by atoms with E-state index in [0.29, 0.717) is 6.04 Å². The van der Waals surface area contributed by atoms with E-state index in [1.807, 2.05) is 36.1 Å². The molecule has 96 valence electrons. The smallest absolute Gasteiger partial charge is 0.249 e. The van der Waals surface area contributed by atoms with Gasteiger partial charge in [-0.1, -0.05) is 43.3 Å². The monoisotopic (exact) mass is 243 g/mol. The van der Waals surface area contributed by atoms with Crippen LogP contribution in [0.15, 0.2) is 42.0 Å². The third kappa shape index (κ3) is 3.22. The van der Waals surface area contributed by atoms with Gasteiger partial charge in [-0.2, -0.15) is 0 Å². The Hall–Kier alpha value is -1.57. The summed E-state index contributed by atoms with van der Waals surface area (Å²) in [6, 6.07) is 10.7. The number of carbonyl (C=O) groups excluding carboxylic acids is 1. The molecule has 0 unspecified atom stereocenters. The maximum atomic E-state index is 12.4. The van der Waals surface area contributed by atoms with Crippen molar-refractivity contribution < 1.29 is 4.79 Å². The van der Waals surface area contributed by atoms with Crippen LogP contribution in [0.4, 0.5) is 0 Å². The summed E-state index contributed by atoms with van der Waals surface area (Å²) in [5.41, 5.74) is 2.09. The van der Waals surface area contributed by atoms with E-state index in [2.05, 4.69) is 19.1 Å². The van der Waals surface area contributed by atoms with Crippen molar-refractivity contribution in [3.05, 3.63) is 47.5 Å². The van der Waals surface area contributed by atoms with Crippen molar-refractivity contribution in [1.82, 2.24) is 4.90 Å². The summed E-state index contributed by atoms with van der Waals surface area (Å²) in [5.74, 6) is 0.197. The Morgan fingerprint density at radius 1 is 1.33 bits per heavy atom. The molecule has 0 atom stereocenters. The van der Waals surface area contributed by atoms with Crippen LogP contribution in [-0.2, 0) is 11.3 Å². The Morgan fingerprint density at radius 2 is 2.00 bits per heavy atom. The first-order valence-electron chi connectivity index (χ1n) is 6.74. The van der Waals surface area contributed by atoms with Crippen LogP contribution >= 0.6 is 0 Å². The van der Waals surface area contributed by atoms with Crippen molar-refractivity contribution in [2.24, 2.45) is 0 Å². The van der Waals surface area contributed by atoms with Gasteiger partial charge in [0.25, 0.3) is 0 Å². The largest absolute Gasteiger partial charge is 0.332 e. The van der Waals surface area contributed by atoms with Gasteiger partial charge in [-0.15, -0.1) is 0 Å². The van der Waals surface area contributed by atoms with Crippen LogP contribution in [0, 0.1) is 0 Å². The summed E-state index contributed by atoms with van der Waals surface area (Å²) in [4.78, 5) is 14.4. The third-order valence-electron chi connectivity index (χ3n) is 3.29. The summed E-state index contributed by atoms with van der Waals surface area (Å²) in [5, 5.41) is 0. The molecule has 1 aliphatic rings. The molecule has 0 bridgehead atoms. The van der Waals surface area contributed by atoms with Crippen molar-refractivity contribution in [2.45, 2.75) is 45.7 Å². The number of benzene rings is 1. The summed E-state index contributed by atoms with van der Waals surface area (Å²) in [6.45, 7) is 4.72. The molecule has 1 saturated carbocycles. The number of hydrogen-bond donors (Lipinski definition) is 0. The van der Waals surface area contributed by atoms with Crippen LogP contribution in [0.3, 0.4) is 0 Å². The molecule has 0 N–H and O–H groups in total. The summed E-state index contributed by atoms with van der Waals surface area (Å²) in [6.07, 6.45) is 5.24. The first-order valence-corrected chi connectivity index (χ1v) is 6.74. The van der Waals surface area contributed by atoms with Crippen LogP contribution < -0.4 is 0 Å². The van der Waals surface area contributed by atoms with E-state index in [1.54, 1.807) is 0 Å². The maximum Gasteiger partial charge on any atom is 0.249 e. The Balaban J connectivity index is 2.09. The molecule has 1 aliphatic carbocycles. The topological polar surface area (TPSA) is 20.3 Å². The number of nitrogens with zero attached hydrogens (tertiary/aromatic N) is 1. The molecule has 0 aliphatic heterocycles. The zero-order chi connectivity index (χ0) is 13.0. The summed E-state index contributed by atoms with van der Waals surface area (Å²) >= 11 is 0. The molecule has 0 saturated heterocycles. The number of amides is 1. The first-order chi connectivity index (χ1) is 8.72. The minimum absolute atomic E-state index is 0.197. The van der Waals surface area contributed by atoms with Gasteiger partial charge in [0.2, 0.25) is 5.91 Å². The SMILES string of the molecule is CCC=C(C)C(=O)N(Cc1ccccc1)C1CC1. The second-order valence-corrected chi connectivity index (χ2v) is 4.95. The Bertz CT molecular complexity index is 432. The van der Waals surface area contributed by atoms with Gasteiger partial charge >= 0.3 is 0 Å². The van der Waals surface area contributed by atoms with E-state index in [-0.39, 0.29) is 5.91 Å². The minimum Gasteiger partial charge on any atom is -0.332 e. The van der Waals surface area contributed by atoms with E-state index in [9.17, 15) is 4.79 Å². The fourth-order valence-corrected chi connectivity index (χ4v) is 2.15. The van der Waals surface area contributed by atoms with Gasteiger partial charge in [0, 0.05) is 18.2 Å². The molecular formula is C16H21NO. The van der Waals surface area contributed by atoms with Gasteiger partial charge in [-0.05, 0) is 31.7 Å². The molecule has 1 aromatic rings. The summed E-state index contributed by atoms with van der Waals surface area (Å²) in [7, 11) is 0. The minimum atomic E-state index is 0.197. The van der Waals surface area contributed by atoms with E-state index < -0.39 is 0 Å². The molecule has 0 heterocycles. The summed E-state index contributed by atoms with van der Waals surface area (Å²) < 4.78 is 0. The van der Waals surface area contributed by atoms with Crippen molar-refractivity contribution in [2.75, 3.05) is 0 Å². The van der Waals surface area contributed by atoms with Gasteiger partial charge in [-0.3, -0.25) is 4.79 Å². The Morgan fingerprint density at radius 3 is 2.56 bits per heavy atom. The van der Waals surface area contributed by atoms with Gasteiger partial charge in [0.1, 0.15) is 0 Å². The quantitative estimate of drug-likeness (QED) is 0.724. The number of rotatable bonds is 5. The van der Waals surface area contributed by atoms with E-state index >= 15 is 0 Å². The Kier molecular flexibility index (Phi) is 4.19. The predicted molar refractivity (Wildman–Crippen MR) is 74.1 cm³/mol. The zero-order valence-electron chi connectivity index (χ0n) is 11.2. The molecule has 1 aromatic carbocycles. The fraction of sp³-hybridized carbons (Fsp3) is 0.438. The third-order valence-corrected chi connectivity index (χ3v) is 3.29. The lowest BCUT2D eigenvalue weighted by Crippen LogP contribution is -2.33. The first kappa shape index (κ1) is 12.9. The molecular weight excluding hydrogens is 222 g/mol. The molecule has 2 rings (SSSR count). The van der Waals surface area contributed by atoms with Crippen molar-refractivity contribution in [1.29, 1.82) is 0 Å². The molecule has 2 nitrogen and oxygen atoms in total. The normalized spacial score (nSPS) is 15.6. The number of carbonyl (C=O) groups is 1. The van der Waals surface area contributed by atoms with E-state index in [0.717, 1.165) is 31.4 Å². The van der Waals surface area contributed by atoms with E-state index in [4.69, 9.17) is 0 Å². The Labute approximate surface area is 109 Å². The second-order valence-electron chi connectivity index (χ2n) is 4.95. The molecule has 2 heteroatoms. The van der Waals surface area contributed by atoms with Crippen LogP contribution in [0.2, 0.25) is 0 Å². The number of allylic oxidation sites excluding steroid dienone is 1. The van der Waals surface area contributed by atoms with E-state index in [1.165, 1.54) is 5.56 Å². The van der Waals surface area contributed by atoms with Crippen LogP contribution in [0.25, 0.3) is 0 Å². The molecule has 0 aromatic heterocycles. The van der Waals surface area contributed by atoms with Gasteiger partial charge in [0.15, 0.2) is 0 Å². The van der Waals surface area contributed by atoms with Crippen LogP contribution in [0.5, 0.6) is 0 Å². The highest BCUT2D eigenvalue weighted by atomic mass is 16.2. The predicted octanol–water partition coefficient (Wildman–Crippen LogP) is 3.53.